The molecular weight excluding hydrogens is 400 g/mol. The van der Waals surface area contributed by atoms with Gasteiger partial charge in [-0.15, -0.1) is 0 Å². The average molecular weight is 449 g/mol. The van der Waals surface area contributed by atoms with Crippen molar-refractivity contribution >= 4 is 0 Å². The number of rotatable bonds is 4. The molecule has 0 aromatic rings. The quantitative estimate of drug-likeness (QED) is 0.470. The lowest BCUT2D eigenvalue weighted by Crippen LogP contribution is -2.65. The van der Waals surface area contributed by atoms with E-state index in [4.69, 9.17) is 0 Å². The molecule has 0 amide bonds. The number of aliphatic hydroxyl groups excluding tert-OH is 3. The zero-order valence-corrected chi connectivity index (χ0v) is 21.2. The maximum atomic E-state index is 11.5. The number of fused-ring (bicyclic) bond motifs is 5. The SMILES string of the molecule is CC(C)=CCC[C@](C)(O)C1CCC2C1[C@H](O)CC1[C@@]2(C)C[C@@H](O)C2[C@@H](C)[C@@H](O)CC[C@@]21C. The Bertz CT molecular complexity index is 727. The van der Waals surface area contributed by atoms with Crippen molar-refractivity contribution in [3.05, 3.63) is 11.6 Å². The van der Waals surface area contributed by atoms with Gasteiger partial charge in [0.05, 0.1) is 23.9 Å². The first-order chi connectivity index (χ1) is 14.8. The van der Waals surface area contributed by atoms with Gasteiger partial charge >= 0.3 is 0 Å². The van der Waals surface area contributed by atoms with Gasteiger partial charge < -0.3 is 20.4 Å². The molecule has 4 rings (SSSR count). The van der Waals surface area contributed by atoms with Crippen molar-refractivity contribution in [3.63, 3.8) is 0 Å². The molecule has 0 bridgehead atoms. The minimum Gasteiger partial charge on any atom is -0.393 e. The summed E-state index contributed by atoms with van der Waals surface area (Å²) < 4.78 is 0. The molecule has 0 heterocycles. The second kappa shape index (κ2) is 8.36. The van der Waals surface area contributed by atoms with Crippen molar-refractivity contribution in [3.8, 4) is 0 Å². The minimum atomic E-state index is -0.779. The highest BCUT2D eigenvalue weighted by molar-refractivity contribution is 5.16. The molecule has 0 aliphatic heterocycles. The van der Waals surface area contributed by atoms with Crippen LogP contribution in [0.1, 0.15) is 92.9 Å². The second-order valence-electron chi connectivity index (χ2n) is 13.2. The third-order valence-electron chi connectivity index (χ3n) is 11.1. The van der Waals surface area contributed by atoms with Crippen LogP contribution >= 0.6 is 0 Å². The van der Waals surface area contributed by atoms with Crippen LogP contribution < -0.4 is 0 Å². The Morgan fingerprint density at radius 2 is 1.69 bits per heavy atom. The highest BCUT2D eigenvalue weighted by Crippen LogP contribution is 2.70. The van der Waals surface area contributed by atoms with Crippen LogP contribution in [0.25, 0.3) is 0 Å². The molecule has 184 valence electrons. The number of hydrogen-bond donors (Lipinski definition) is 4. The van der Waals surface area contributed by atoms with Gasteiger partial charge in [-0.3, -0.25) is 0 Å². The topological polar surface area (TPSA) is 80.9 Å². The van der Waals surface area contributed by atoms with Crippen LogP contribution in [0, 0.1) is 46.3 Å². The summed E-state index contributed by atoms with van der Waals surface area (Å²) in [6, 6.07) is 0. The molecule has 4 aliphatic carbocycles. The zero-order valence-electron chi connectivity index (χ0n) is 21.2. The van der Waals surface area contributed by atoms with Gasteiger partial charge in [0, 0.05) is 0 Å². The molecular formula is C28H48O4. The standard InChI is InChI=1S/C28H48O4/c1-16(2)8-7-12-28(6,32)19-10-9-18-24(19)21(30)14-23-26(4)13-11-20(29)17(3)25(26)22(31)15-27(18,23)5/h8,17-25,29-32H,7,9-15H2,1-6H3/t17-,18?,19?,20-,21+,22+,23?,24?,25?,26+,27-,28-/m0/s1. The van der Waals surface area contributed by atoms with Crippen molar-refractivity contribution in [1.82, 2.24) is 0 Å². The highest BCUT2D eigenvalue weighted by atomic mass is 16.3. The van der Waals surface area contributed by atoms with Crippen molar-refractivity contribution in [2.75, 3.05) is 0 Å². The summed E-state index contributed by atoms with van der Waals surface area (Å²) in [6.07, 6.45) is 7.91. The Hall–Kier alpha value is -0.420. The van der Waals surface area contributed by atoms with E-state index in [0.717, 1.165) is 51.4 Å². The smallest absolute Gasteiger partial charge is 0.0654 e. The molecule has 32 heavy (non-hydrogen) atoms. The Morgan fingerprint density at radius 3 is 2.34 bits per heavy atom. The van der Waals surface area contributed by atoms with Gasteiger partial charge in [-0.05, 0) is 118 Å². The lowest BCUT2D eigenvalue weighted by atomic mass is 9.39. The lowest BCUT2D eigenvalue weighted by molar-refractivity contribution is -0.234. The summed E-state index contributed by atoms with van der Waals surface area (Å²) in [5, 5.41) is 45.0. The second-order valence-corrected chi connectivity index (χ2v) is 13.2. The number of aliphatic hydroxyl groups is 4. The summed E-state index contributed by atoms with van der Waals surface area (Å²) >= 11 is 0. The average Bonchev–Trinajstić information content (AvgIpc) is 3.15. The molecule has 0 aromatic heterocycles. The molecule has 4 nitrogen and oxygen atoms in total. The van der Waals surface area contributed by atoms with Crippen molar-refractivity contribution in [2.45, 2.75) is 117 Å². The van der Waals surface area contributed by atoms with E-state index in [9.17, 15) is 20.4 Å². The molecule has 0 spiro atoms. The zero-order chi connectivity index (χ0) is 23.6. The molecule has 12 atom stereocenters. The highest BCUT2D eigenvalue weighted by Gasteiger charge is 2.67. The largest absolute Gasteiger partial charge is 0.393 e. The van der Waals surface area contributed by atoms with Crippen LogP contribution in [0.5, 0.6) is 0 Å². The summed E-state index contributed by atoms with van der Waals surface area (Å²) in [6.45, 7) is 13.0. The number of allylic oxidation sites excluding steroid dienone is 2. The van der Waals surface area contributed by atoms with E-state index < -0.39 is 17.8 Å². The van der Waals surface area contributed by atoms with Gasteiger partial charge in [-0.2, -0.15) is 0 Å². The first kappa shape index (κ1) is 24.7. The van der Waals surface area contributed by atoms with Crippen LogP contribution in [0.2, 0.25) is 0 Å². The Balaban J connectivity index is 1.62. The molecule has 0 radical (unpaired) electrons. The van der Waals surface area contributed by atoms with E-state index in [1.54, 1.807) is 0 Å². The third kappa shape index (κ3) is 3.72. The van der Waals surface area contributed by atoms with Gasteiger partial charge in [-0.25, -0.2) is 0 Å². The molecule has 4 N–H and O–H groups in total. The van der Waals surface area contributed by atoms with Crippen LogP contribution in [-0.2, 0) is 0 Å². The van der Waals surface area contributed by atoms with Gasteiger partial charge in [0.15, 0.2) is 0 Å². The van der Waals surface area contributed by atoms with Gasteiger partial charge in [0.25, 0.3) is 0 Å². The molecule has 4 fully saturated rings. The fourth-order valence-electron chi connectivity index (χ4n) is 9.64. The van der Waals surface area contributed by atoms with Gasteiger partial charge in [0.1, 0.15) is 0 Å². The van der Waals surface area contributed by atoms with E-state index in [-0.39, 0.29) is 40.6 Å². The van der Waals surface area contributed by atoms with Crippen molar-refractivity contribution < 1.29 is 20.4 Å². The van der Waals surface area contributed by atoms with Gasteiger partial charge in [0.2, 0.25) is 0 Å². The first-order valence-electron chi connectivity index (χ1n) is 13.2. The number of hydrogen-bond acceptors (Lipinski definition) is 4. The van der Waals surface area contributed by atoms with Crippen LogP contribution in [-0.4, -0.2) is 44.3 Å². The Labute approximate surface area is 195 Å². The molecule has 0 saturated heterocycles. The van der Waals surface area contributed by atoms with E-state index in [0.29, 0.717) is 11.8 Å². The maximum Gasteiger partial charge on any atom is 0.0654 e. The fraction of sp³-hybridized carbons (Fsp3) is 0.929. The third-order valence-corrected chi connectivity index (χ3v) is 11.1. The fourth-order valence-corrected chi connectivity index (χ4v) is 9.64. The molecule has 0 aromatic carbocycles. The van der Waals surface area contributed by atoms with E-state index in [2.05, 4.69) is 40.7 Å². The van der Waals surface area contributed by atoms with E-state index in [1.165, 1.54) is 5.57 Å². The summed E-state index contributed by atoms with van der Waals surface area (Å²) in [5.41, 5.74) is 0.421. The summed E-state index contributed by atoms with van der Waals surface area (Å²) in [7, 11) is 0. The van der Waals surface area contributed by atoms with E-state index >= 15 is 0 Å². The molecule has 4 aliphatic rings. The molecule has 4 heteroatoms. The van der Waals surface area contributed by atoms with Crippen LogP contribution in [0.4, 0.5) is 0 Å². The molecule has 5 unspecified atom stereocenters. The normalized spacial score (nSPS) is 52.4. The maximum absolute atomic E-state index is 11.5. The van der Waals surface area contributed by atoms with Crippen molar-refractivity contribution in [1.29, 1.82) is 0 Å². The summed E-state index contributed by atoms with van der Waals surface area (Å²) in [5.74, 6) is 1.10. The van der Waals surface area contributed by atoms with Crippen molar-refractivity contribution in [2.24, 2.45) is 46.3 Å². The van der Waals surface area contributed by atoms with E-state index in [1.807, 2.05) is 6.92 Å². The van der Waals surface area contributed by atoms with Crippen LogP contribution in [0.3, 0.4) is 0 Å². The predicted molar refractivity (Wildman–Crippen MR) is 128 cm³/mol. The van der Waals surface area contributed by atoms with Gasteiger partial charge in [-0.1, -0.05) is 32.4 Å². The Kier molecular flexibility index (Phi) is 6.45. The monoisotopic (exact) mass is 448 g/mol. The molecule has 4 saturated carbocycles. The summed E-state index contributed by atoms with van der Waals surface area (Å²) in [4.78, 5) is 0. The first-order valence-corrected chi connectivity index (χ1v) is 13.2. The lowest BCUT2D eigenvalue weighted by Gasteiger charge is -2.67. The minimum absolute atomic E-state index is 0.0265. The predicted octanol–water partition coefficient (Wildman–Crippen LogP) is 4.69. The Morgan fingerprint density at radius 1 is 1.00 bits per heavy atom. The van der Waals surface area contributed by atoms with Crippen LogP contribution in [0.15, 0.2) is 11.6 Å².